The van der Waals surface area contributed by atoms with Gasteiger partial charge in [0, 0.05) is 5.56 Å². The van der Waals surface area contributed by atoms with Gasteiger partial charge >= 0.3 is 6.18 Å². The first-order valence-corrected chi connectivity index (χ1v) is 10.1. The summed E-state index contributed by atoms with van der Waals surface area (Å²) >= 11 is 1.20. The Morgan fingerprint density at radius 2 is 1.74 bits per heavy atom. The summed E-state index contributed by atoms with van der Waals surface area (Å²) < 4.78 is 50.8. The summed E-state index contributed by atoms with van der Waals surface area (Å²) in [5.74, 6) is 0.884. The molecule has 0 aliphatic heterocycles. The Kier molecular flexibility index (Phi) is 6.56. The van der Waals surface area contributed by atoms with E-state index < -0.39 is 11.7 Å². The number of nitrogens with one attached hydrogen (secondary N) is 1. The van der Waals surface area contributed by atoms with Crippen LogP contribution in [0.3, 0.4) is 0 Å². The third kappa shape index (κ3) is 4.67. The number of anilines is 2. The molecule has 0 unspecified atom stereocenters. The van der Waals surface area contributed by atoms with Crippen LogP contribution in [0.15, 0.2) is 47.6 Å². The summed E-state index contributed by atoms with van der Waals surface area (Å²) in [5, 5.41) is 12.8. The monoisotopic (exact) mass is 446 g/mol. The maximum atomic E-state index is 13.4. The Balaban J connectivity index is 2.18. The Bertz CT molecular complexity index is 1150. The van der Waals surface area contributed by atoms with Gasteiger partial charge < -0.3 is 14.8 Å². The molecule has 3 rings (SSSR count). The van der Waals surface area contributed by atoms with Crippen LogP contribution in [-0.4, -0.2) is 30.4 Å². The van der Waals surface area contributed by atoms with Gasteiger partial charge in [-0.15, -0.1) is 0 Å². The van der Waals surface area contributed by atoms with Gasteiger partial charge in [0.1, 0.15) is 11.6 Å². The second kappa shape index (κ2) is 9.14. The van der Waals surface area contributed by atoms with Gasteiger partial charge in [0.15, 0.2) is 22.5 Å². The normalized spacial score (nSPS) is 11.0. The van der Waals surface area contributed by atoms with Crippen molar-refractivity contribution in [3.8, 4) is 28.8 Å². The summed E-state index contributed by atoms with van der Waals surface area (Å²) in [7, 11) is 2.97. The van der Waals surface area contributed by atoms with Crippen LogP contribution in [0.4, 0.5) is 24.7 Å². The van der Waals surface area contributed by atoms with Crippen molar-refractivity contribution < 1.29 is 22.6 Å². The molecule has 0 saturated heterocycles. The second-order valence-corrected chi connectivity index (χ2v) is 6.91. The number of alkyl halides is 3. The number of nitrogens with zero attached hydrogens (tertiary/aromatic N) is 3. The molecular weight excluding hydrogens is 429 g/mol. The predicted molar refractivity (Wildman–Crippen MR) is 112 cm³/mol. The molecule has 3 aromatic rings. The molecule has 31 heavy (non-hydrogen) atoms. The Labute approximate surface area is 181 Å². The lowest BCUT2D eigenvalue weighted by atomic mass is 10.1. The lowest BCUT2D eigenvalue weighted by Crippen LogP contribution is -2.10. The number of methoxy groups -OCH3 is 2. The van der Waals surface area contributed by atoms with E-state index in [9.17, 15) is 18.4 Å². The highest BCUT2D eigenvalue weighted by Gasteiger charge is 2.33. The first-order valence-electron chi connectivity index (χ1n) is 8.84. The Hall–Kier alpha value is -3.45. The van der Waals surface area contributed by atoms with Gasteiger partial charge in [-0.1, -0.05) is 23.9 Å². The molecule has 0 aliphatic carbocycles. The van der Waals surface area contributed by atoms with Crippen molar-refractivity contribution in [1.29, 1.82) is 5.26 Å². The lowest BCUT2D eigenvalue weighted by molar-refractivity contribution is -0.136. The average Bonchev–Trinajstić information content (AvgIpc) is 2.77. The minimum atomic E-state index is -4.57. The van der Waals surface area contributed by atoms with E-state index >= 15 is 0 Å². The van der Waals surface area contributed by atoms with Crippen molar-refractivity contribution in [2.24, 2.45) is 0 Å². The number of benzene rings is 2. The molecular formula is C21H17F3N4O2S. The zero-order valence-electron chi connectivity index (χ0n) is 16.7. The molecule has 0 bridgehead atoms. The molecule has 0 radical (unpaired) electrons. The molecule has 10 heteroatoms. The summed E-state index contributed by atoms with van der Waals surface area (Å²) in [6.45, 7) is 0. The summed E-state index contributed by atoms with van der Waals surface area (Å²) in [6, 6.07) is 12.0. The molecule has 0 aliphatic rings. The van der Waals surface area contributed by atoms with E-state index in [1.807, 2.05) is 6.07 Å². The van der Waals surface area contributed by atoms with Crippen LogP contribution in [0.5, 0.6) is 11.5 Å². The second-order valence-electron chi connectivity index (χ2n) is 6.13. The Morgan fingerprint density at radius 1 is 1.03 bits per heavy atom. The van der Waals surface area contributed by atoms with Gasteiger partial charge in [0.2, 0.25) is 0 Å². The number of halogens is 3. The highest BCUT2D eigenvalue weighted by atomic mass is 32.2. The van der Waals surface area contributed by atoms with Gasteiger partial charge in [-0.25, -0.2) is 9.97 Å². The van der Waals surface area contributed by atoms with Crippen molar-refractivity contribution in [2.75, 3.05) is 25.8 Å². The zero-order chi connectivity index (χ0) is 22.6. The Morgan fingerprint density at radius 3 is 2.35 bits per heavy atom. The molecule has 160 valence electrons. The van der Waals surface area contributed by atoms with Crippen LogP contribution in [0, 0.1) is 11.3 Å². The quantitative estimate of drug-likeness (QED) is 0.395. The molecule has 6 nitrogen and oxygen atoms in total. The van der Waals surface area contributed by atoms with Crippen molar-refractivity contribution in [2.45, 2.75) is 11.3 Å². The first kappa shape index (κ1) is 22.2. The molecule has 0 saturated carbocycles. The number of ether oxygens (including phenoxy) is 2. The fourth-order valence-electron chi connectivity index (χ4n) is 2.89. The van der Waals surface area contributed by atoms with E-state index in [4.69, 9.17) is 9.47 Å². The molecule has 0 spiro atoms. The molecule has 2 aromatic carbocycles. The SMILES string of the molecule is COc1ccc(-c2nc(SC)nc(Nc3ccccc3C(F)(F)F)c2C#N)cc1OC. The predicted octanol–water partition coefficient (Wildman–Crippen LogP) is 5.52. The highest BCUT2D eigenvalue weighted by molar-refractivity contribution is 7.98. The van der Waals surface area contributed by atoms with E-state index in [1.54, 1.807) is 24.5 Å². The summed E-state index contributed by atoms with van der Waals surface area (Å²) in [4.78, 5) is 8.65. The number of para-hydroxylation sites is 1. The summed E-state index contributed by atoms with van der Waals surface area (Å²) in [6.07, 6.45) is -2.84. The first-order chi connectivity index (χ1) is 14.8. The maximum Gasteiger partial charge on any atom is 0.418 e. The van der Waals surface area contributed by atoms with Gasteiger partial charge in [0.05, 0.1) is 31.2 Å². The van der Waals surface area contributed by atoms with Gasteiger partial charge in [0.25, 0.3) is 0 Å². The molecule has 1 aromatic heterocycles. The smallest absolute Gasteiger partial charge is 0.418 e. The molecule has 0 fully saturated rings. The molecule has 0 atom stereocenters. The number of aromatic nitrogens is 2. The van der Waals surface area contributed by atoms with E-state index in [0.29, 0.717) is 17.1 Å². The van der Waals surface area contributed by atoms with Crippen molar-refractivity contribution >= 4 is 23.3 Å². The third-order valence-corrected chi connectivity index (χ3v) is 4.87. The lowest BCUT2D eigenvalue weighted by Gasteiger charge is -2.16. The molecule has 0 amide bonds. The number of nitriles is 1. The molecule has 1 N–H and O–H groups in total. The van der Waals surface area contributed by atoms with Crippen LogP contribution in [0.25, 0.3) is 11.3 Å². The third-order valence-electron chi connectivity index (χ3n) is 4.33. The van der Waals surface area contributed by atoms with Crippen molar-refractivity contribution in [3.05, 3.63) is 53.6 Å². The highest BCUT2D eigenvalue weighted by Crippen LogP contribution is 2.38. The van der Waals surface area contributed by atoms with Crippen molar-refractivity contribution in [3.63, 3.8) is 0 Å². The maximum absolute atomic E-state index is 13.4. The van der Waals surface area contributed by atoms with Crippen LogP contribution in [0.2, 0.25) is 0 Å². The minimum absolute atomic E-state index is 0.00185. The average molecular weight is 446 g/mol. The molecule has 1 heterocycles. The number of hydrogen-bond acceptors (Lipinski definition) is 7. The standard InChI is InChI=1S/C21H17F3N4O2S/c1-29-16-9-8-12(10-17(16)30-2)18-13(11-25)19(28-20(27-18)31-3)26-15-7-5-4-6-14(15)21(22,23)24/h4-10H,1-3H3,(H,26,27,28). The van der Waals surface area contributed by atoms with Gasteiger partial charge in [-0.2, -0.15) is 18.4 Å². The van der Waals surface area contributed by atoms with Gasteiger partial charge in [-0.3, -0.25) is 0 Å². The fraction of sp³-hybridized carbons (Fsp3) is 0.190. The van der Waals surface area contributed by atoms with E-state index in [2.05, 4.69) is 15.3 Å². The number of thioether (sulfide) groups is 1. The van der Waals surface area contributed by atoms with Crippen LogP contribution in [0.1, 0.15) is 11.1 Å². The topological polar surface area (TPSA) is 80.1 Å². The van der Waals surface area contributed by atoms with E-state index in [1.165, 1.54) is 44.2 Å². The summed E-state index contributed by atoms with van der Waals surface area (Å²) in [5.41, 5.74) is -0.290. The van der Waals surface area contributed by atoms with Crippen molar-refractivity contribution in [1.82, 2.24) is 9.97 Å². The van der Waals surface area contributed by atoms with Crippen LogP contribution >= 0.6 is 11.8 Å². The fourth-order valence-corrected chi connectivity index (χ4v) is 3.25. The number of rotatable bonds is 6. The van der Waals surface area contributed by atoms with Gasteiger partial charge in [-0.05, 0) is 36.6 Å². The zero-order valence-corrected chi connectivity index (χ0v) is 17.6. The minimum Gasteiger partial charge on any atom is -0.493 e. The largest absolute Gasteiger partial charge is 0.493 e. The van der Waals surface area contributed by atoms with Crippen LogP contribution < -0.4 is 14.8 Å². The van der Waals surface area contributed by atoms with E-state index in [-0.39, 0.29) is 27.9 Å². The van der Waals surface area contributed by atoms with Crippen LogP contribution in [-0.2, 0) is 6.18 Å². The van der Waals surface area contributed by atoms with E-state index in [0.717, 1.165) is 6.07 Å². The number of hydrogen-bond donors (Lipinski definition) is 1.